The van der Waals surface area contributed by atoms with E-state index in [0.717, 1.165) is 44.9 Å². The first-order valence-electron chi connectivity index (χ1n) is 6.32. The summed E-state index contributed by atoms with van der Waals surface area (Å²) in [6.45, 7) is 0. The standard InChI is InChI=1S/C13H20O4/c1-17-10(14)2-3-12-4-7-13(8-5-12,9-6-12)11(15)16/h2-9H2,1H3,(H,15,16). The molecule has 3 aliphatic rings. The third-order valence-electron chi connectivity index (χ3n) is 4.94. The van der Waals surface area contributed by atoms with Crippen LogP contribution >= 0.6 is 0 Å². The molecule has 0 amide bonds. The lowest BCUT2D eigenvalue weighted by atomic mass is 9.52. The number of rotatable bonds is 4. The van der Waals surface area contributed by atoms with Crippen molar-refractivity contribution in [2.24, 2.45) is 10.8 Å². The second kappa shape index (κ2) is 4.31. The van der Waals surface area contributed by atoms with Gasteiger partial charge in [0.2, 0.25) is 0 Å². The van der Waals surface area contributed by atoms with Crippen LogP contribution in [0.4, 0.5) is 0 Å². The maximum absolute atomic E-state index is 11.3. The summed E-state index contributed by atoms with van der Waals surface area (Å²) in [7, 11) is 1.41. The summed E-state index contributed by atoms with van der Waals surface area (Å²) in [5.74, 6) is -0.779. The highest BCUT2D eigenvalue weighted by Crippen LogP contribution is 2.58. The van der Waals surface area contributed by atoms with Gasteiger partial charge in [-0.25, -0.2) is 0 Å². The molecule has 0 spiro atoms. The van der Waals surface area contributed by atoms with Crippen LogP contribution in [-0.4, -0.2) is 24.2 Å². The molecule has 0 aromatic carbocycles. The van der Waals surface area contributed by atoms with Crippen LogP contribution < -0.4 is 0 Å². The first-order valence-corrected chi connectivity index (χ1v) is 6.32. The van der Waals surface area contributed by atoms with Crippen LogP contribution in [-0.2, 0) is 14.3 Å². The molecule has 0 heterocycles. The quantitative estimate of drug-likeness (QED) is 0.766. The van der Waals surface area contributed by atoms with Gasteiger partial charge in [-0.1, -0.05) is 0 Å². The summed E-state index contributed by atoms with van der Waals surface area (Å²) in [6, 6.07) is 0. The van der Waals surface area contributed by atoms with Gasteiger partial charge in [0.25, 0.3) is 0 Å². The van der Waals surface area contributed by atoms with E-state index in [-0.39, 0.29) is 11.4 Å². The number of ether oxygens (including phenoxy) is 1. The molecule has 96 valence electrons. The molecule has 1 N–H and O–H groups in total. The predicted octanol–water partition coefficient (Wildman–Crippen LogP) is 2.36. The highest BCUT2D eigenvalue weighted by molar-refractivity contribution is 5.75. The lowest BCUT2D eigenvalue weighted by molar-refractivity contribution is -0.160. The van der Waals surface area contributed by atoms with Gasteiger partial charge < -0.3 is 9.84 Å². The Morgan fingerprint density at radius 2 is 1.65 bits per heavy atom. The number of hydrogen-bond donors (Lipinski definition) is 1. The Labute approximate surface area is 101 Å². The van der Waals surface area contributed by atoms with Gasteiger partial charge in [0.1, 0.15) is 0 Å². The van der Waals surface area contributed by atoms with Crippen molar-refractivity contribution in [2.45, 2.75) is 51.4 Å². The number of carbonyl (C=O) groups excluding carboxylic acids is 1. The van der Waals surface area contributed by atoms with E-state index in [2.05, 4.69) is 4.74 Å². The van der Waals surface area contributed by atoms with E-state index >= 15 is 0 Å². The van der Waals surface area contributed by atoms with Gasteiger partial charge in [-0.2, -0.15) is 0 Å². The zero-order valence-corrected chi connectivity index (χ0v) is 10.3. The normalized spacial score (nSPS) is 35.6. The summed E-state index contributed by atoms with van der Waals surface area (Å²) in [6.07, 6.45) is 6.53. The van der Waals surface area contributed by atoms with Crippen molar-refractivity contribution < 1.29 is 19.4 Å². The van der Waals surface area contributed by atoms with Crippen LogP contribution in [0.25, 0.3) is 0 Å². The van der Waals surface area contributed by atoms with E-state index in [1.165, 1.54) is 7.11 Å². The fraction of sp³-hybridized carbons (Fsp3) is 0.846. The number of fused-ring (bicyclic) bond motifs is 3. The Morgan fingerprint density at radius 1 is 1.12 bits per heavy atom. The van der Waals surface area contributed by atoms with Crippen molar-refractivity contribution in [3.8, 4) is 0 Å². The Kier molecular flexibility index (Phi) is 3.15. The van der Waals surface area contributed by atoms with E-state index in [4.69, 9.17) is 0 Å². The molecule has 4 nitrogen and oxygen atoms in total. The maximum atomic E-state index is 11.3. The molecule has 4 heteroatoms. The van der Waals surface area contributed by atoms with Gasteiger partial charge in [0.15, 0.2) is 0 Å². The zero-order valence-electron chi connectivity index (χ0n) is 10.3. The van der Waals surface area contributed by atoms with E-state index < -0.39 is 11.4 Å². The van der Waals surface area contributed by atoms with E-state index in [0.29, 0.717) is 6.42 Å². The molecule has 0 radical (unpaired) electrons. The number of methoxy groups -OCH3 is 1. The van der Waals surface area contributed by atoms with E-state index in [1.54, 1.807) is 0 Å². The maximum Gasteiger partial charge on any atom is 0.309 e. The van der Waals surface area contributed by atoms with Crippen LogP contribution in [0.3, 0.4) is 0 Å². The summed E-state index contributed by atoms with van der Waals surface area (Å²) in [4.78, 5) is 22.5. The van der Waals surface area contributed by atoms with Gasteiger partial charge in [0.05, 0.1) is 12.5 Å². The number of carbonyl (C=O) groups is 2. The van der Waals surface area contributed by atoms with Crippen molar-refractivity contribution in [3.63, 3.8) is 0 Å². The number of hydrogen-bond acceptors (Lipinski definition) is 3. The van der Waals surface area contributed by atoms with Gasteiger partial charge in [0, 0.05) is 6.42 Å². The average Bonchev–Trinajstić information content (AvgIpc) is 2.38. The number of aliphatic carboxylic acids is 1. The first kappa shape index (κ1) is 12.4. The number of carboxylic acid groups (broad SMARTS) is 1. The van der Waals surface area contributed by atoms with Gasteiger partial charge >= 0.3 is 11.9 Å². The summed E-state index contributed by atoms with van der Waals surface area (Å²) in [5, 5.41) is 9.28. The molecule has 3 saturated carbocycles. The van der Waals surface area contributed by atoms with Crippen LogP contribution in [0.15, 0.2) is 0 Å². The lowest BCUT2D eigenvalue weighted by Gasteiger charge is -2.51. The van der Waals surface area contributed by atoms with Gasteiger partial charge in [-0.05, 0) is 50.4 Å². The zero-order chi connectivity index (χ0) is 12.5. The van der Waals surface area contributed by atoms with Crippen molar-refractivity contribution in [1.82, 2.24) is 0 Å². The molecular weight excluding hydrogens is 220 g/mol. The van der Waals surface area contributed by atoms with E-state index in [1.807, 2.05) is 0 Å². The second-order valence-corrected chi connectivity index (χ2v) is 5.66. The molecule has 3 rings (SSSR count). The third kappa shape index (κ3) is 2.17. The Hall–Kier alpha value is -1.06. The SMILES string of the molecule is COC(=O)CCC12CCC(C(=O)O)(CC1)CC2. The molecule has 0 aromatic rings. The topological polar surface area (TPSA) is 63.6 Å². The second-order valence-electron chi connectivity index (χ2n) is 5.66. The molecule has 0 saturated heterocycles. The smallest absolute Gasteiger partial charge is 0.309 e. The molecule has 0 unspecified atom stereocenters. The molecule has 0 aliphatic heterocycles. The average molecular weight is 240 g/mol. The lowest BCUT2D eigenvalue weighted by Crippen LogP contribution is -2.46. The predicted molar refractivity (Wildman–Crippen MR) is 61.5 cm³/mol. The number of carboxylic acids is 1. The van der Waals surface area contributed by atoms with Crippen LogP contribution in [0, 0.1) is 10.8 Å². The van der Waals surface area contributed by atoms with Crippen LogP contribution in [0.1, 0.15) is 51.4 Å². The Bertz CT molecular complexity index is 310. The Balaban J connectivity index is 1.95. The van der Waals surface area contributed by atoms with Gasteiger partial charge in [-0.3, -0.25) is 9.59 Å². The third-order valence-corrected chi connectivity index (χ3v) is 4.94. The molecule has 3 fully saturated rings. The minimum Gasteiger partial charge on any atom is -0.481 e. The van der Waals surface area contributed by atoms with Crippen LogP contribution in [0.2, 0.25) is 0 Å². The molecule has 3 aliphatic carbocycles. The van der Waals surface area contributed by atoms with Crippen molar-refractivity contribution in [3.05, 3.63) is 0 Å². The fourth-order valence-electron chi connectivity index (χ4n) is 3.43. The van der Waals surface area contributed by atoms with Crippen LogP contribution in [0.5, 0.6) is 0 Å². The molecule has 2 bridgehead atoms. The minimum atomic E-state index is -0.626. The molecule has 17 heavy (non-hydrogen) atoms. The van der Waals surface area contributed by atoms with Gasteiger partial charge in [-0.15, -0.1) is 0 Å². The molecule has 0 atom stereocenters. The number of esters is 1. The van der Waals surface area contributed by atoms with Crippen molar-refractivity contribution in [1.29, 1.82) is 0 Å². The molecular formula is C13H20O4. The highest BCUT2D eigenvalue weighted by atomic mass is 16.5. The van der Waals surface area contributed by atoms with E-state index in [9.17, 15) is 14.7 Å². The largest absolute Gasteiger partial charge is 0.481 e. The molecule has 0 aromatic heterocycles. The summed E-state index contributed by atoms with van der Waals surface area (Å²) >= 11 is 0. The summed E-state index contributed by atoms with van der Waals surface area (Å²) < 4.78 is 4.67. The Morgan fingerprint density at radius 3 is 2.06 bits per heavy atom. The highest BCUT2D eigenvalue weighted by Gasteiger charge is 2.52. The monoisotopic (exact) mass is 240 g/mol. The summed E-state index contributed by atoms with van der Waals surface area (Å²) in [5.41, 5.74) is -0.238. The fourth-order valence-corrected chi connectivity index (χ4v) is 3.43. The minimum absolute atomic E-state index is 0.153. The van der Waals surface area contributed by atoms with Crippen molar-refractivity contribution in [2.75, 3.05) is 7.11 Å². The first-order chi connectivity index (χ1) is 8.02. The van der Waals surface area contributed by atoms with Crippen molar-refractivity contribution >= 4 is 11.9 Å².